The fourth-order valence-electron chi connectivity index (χ4n) is 1.61. The zero-order chi connectivity index (χ0) is 16.0. The lowest BCUT2D eigenvalue weighted by Crippen LogP contribution is -2.13. The lowest BCUT2D eigenvalue weighted by atomic mass is 10.2. The number of aromatic hydroxyl groups is 1. The number of hydrogen-bond acceptors (Lipinski definition) is 5. The average Bonchev–Trinajstić information content (AvgIpc) is 2.46. The Morgan fingerprint density at radius 1 is 1.27 bits per heavy atom. The molecule has 0 radical (unpaired) electrons. The molecule has 5 nitrogen and oxygen atoms in total. The third-order valence-electron chi connectivity index (χ3n) is 2.58. The van der Waals surface area contributed by atoms with Gasteiger partial charge in [0.05, 0.1) is 6.54 Å². The summed E-state index contributed by atoms with van der Waals surface area (Å²) in [4.78, 5) is 11.2. The van der Waals surface area contributed by atoms with Gasteiger partial charge in [0, 0.05) is 19.0 Å². The van der Waals surface area contributed by atoms with E-state index in [0.29, 0.717) is 6.54 Å². The van der Waals surface area contributed by atoms with E-state index in [1.165, 1.54) is 0 Å². The first kappa shape index (κ1) is 15.7. The van der Waals surface area contributed by atoms with Crippen molar-refractivity contribution in [2.45, 2.75) is 6.18 Å². The number of phenolic OH excluding ortho intramolecular Hbond substituents is 1. The number of phenols is 1. The van der Waals surface area contributed by atoms with Crippen LogP contribution in [0.2, 0.25) is 0 Å². The summed E-state index contributed by atoms with van der Waals surface area (Å²) in [7, 11) is 0. The van der Waals surface area contributed by atoms with E-state index < -0.39 is 11.9 Å². The van der Waals surface area contributed by atoms with Gasteiger partial charge in [0.2, 0.25) is 5.95 Å². The van der Waals surface area contributed by atoms with Crippen LogP contribution in [0.4, 0.5) is 19.1 Å². The fourth-order valence-corrected chi connectivity index (χ4v) is 1.61. The molecule has 2 rings (SSSR count). The summed E-state index contributed by atoms with van der Waals surface area (Å²) in [6.07, 6.45) is -1.88. The predicted octanol–water partition coefficient (Wildman–Crippen LogP) is 2.73. The number of nitrogens with one attached hydrogen (secondary N) is 1. The topological polar surface area (TPSA) is 70.4 Å². The van der Waals surface area contributed by atoms with E-state index in [1.807, 2.05) is 0 Å². The van der Waals surface area contributed by atoms with Crippen molar-refractivity contribution >= 4 is 12.2 Å². The fraction of sp³-hybridized carbons (Fsp3) is 0.214. The molecule has 0 amide bonds. The number of anilines is 1. The number of hydrogen-bond donors (Lipinski definition) is 2. The van der Waals surface area contributed by atoms with Gasteiger partial charge in [-0.1, -0.05) is 12.1 Å². The molecule has 1 aromatic carbocycles. The zero-order valence-corrected chi connectivity index (χ0v) is 11.4. The van der Waals surface area contributed by atoms with Crippen molar-refractivity contribution in [2.75, 3.05) is 18.4 Å². The third kappa shape index (κ3) is 4.72. The van der Waals surface area contributed by atoms with Crippen molar-refractivity contribution in [3.05, 3.63) is 47.8 Å². The minimum absolute atomic E-state index is 0.0950. The van der Waals surface area contributed by atoms with Gasteiger partial charge in [0.15, 0.2) is 0 Å². The maximum atomic E-state index is 12.5. The summed E-state index contributed by atoms with van der Waals surface area (Å²) < 4.78 is 37.4. The van der Waals surface area contributed by atoms with E-state index in [0.717, 1.165) is 17.8 Å². The smallest absolute Gasteiger partial charge is 0.433 e. The molecule has 0 unspecified atom stereocenters. The van der Waals surface area contributed by atoms with Crippen LogP contribution < -0.4 is 5.32 Å². The highest BCUT2D eigenvalue weighted by molar-refractivity contribution is 5.80. The molecule has 0 saturated heterocycles. The van der Waals surface area contributed by atoms with Gasteiger partial charge in [0.25, 0.3) is 0 Å². The molecule has 0 bridgehead atoms. The van der Waals surface area contributed by atoms with Crippen LogP contribution in [0.3, 0.4) is 0 Å². The van der Waals surface area contributed by atoms with Crippen LogP contribution in [0, 0.1) is 0 Å². The van der Waals surface area contributed by atoms with Crippen molar-refractivity contribution in [2.24, 2.45) is 4.99 Å². The van der Waals surface area contributed by atoms with Gasteiger partial charge in [-0.15, -0.1) is 0 Å². The van der Waals surface area contributed by atoms with Gasteiger partial charge >= 0.3 is 6.18 Å². The summed E-state index contributed by atoms with van der Waals surface area (Å²) >= 11 is 0. The zero-order valence-electron chi connectivity index (χ0n) is 11.4. The van der Waals surface area contributed by atoms with Gasteiger partial charge in [0.1, 0.15) is 11.4 Å². The van der Waals surface area contributed by atoms with Crippen molar-refractivity contribution in [1.82, 2.24) is 9.97 Å². The Bertz CT molecular complexity index is 659. The number of benzene rings is 1. The Balaban J connectivity index is 1.84. The molecule has 0 aliphatic rings. The summed E-state index contributed by atoms with van der Waals surface area (Å²) in [6.45, 7) is 0.617. The maximum absolute atomic E-state index is 12.5. The van der Waals surface area contributed by atoms with E-state index >= 15 is 0 Å². The molecule has 1 aromatic heterocycles. The van der Waals surface area contributed by atoms with E-state index in [9.17, 15) is 18.3 Å². The first-order valence-electron chi connectivity index (χ1n) is 6.38. The second kappa shape index (κ2) is 6.88. The van der Waals surface area contributed by atoms with E-state index in [1.54, 1.807) is 30.5 Å². The Labute approximate surface area is 124 Å². The van der Waals surface area contributed by atoms with Gasteiger partial charge in [-0.05, 0) is 23.8 Å². The summed E-state index contributed by atoms with van der Waals surface area (Å²) in [5.41, 5.74) is -0.261. The molecule has 2 N–H and O–H groups in total. The number of rotatable bonds is 5. The van der Waals surface area contributed by atoms with Crippen molar-refractivity contribution < 1.29 is 18.3 Å². The normalized spacial score (nSPS) is 11.8. The van der Waals surface area contributed by atoms with Crippen LogP contribution in [0.25, 0.3) is 0 Å². The average molecular weight is 310 g/mol. The van der Waals surface area contributed by atoms with Crippen molar-refractivity contribution in [1.29, 1.82) is 0 Å². The quantitative estimate of drug-likeness (QED) is 0.658. The van der Waals surface area contributed by atoms with E-state index in [2.05, 4.69) is 20.3 Å². The molecule has 0 aliphatic carbocycles. The van der Waals surface area contributed by atoms with Crippen LogP contribution >= 0.6 is 0 Å². The van der Waals surface area contributed by atoms with Crippen LogP contribution in [0.5, 0.6) is 5.75 Å². The highest BCUT2D eigenvalue weighted by Gasteiger charge is 2.32. The van der Waals surface area contributed by atoms with E-state index in [4.69, 9.17) is 0 Å². The predicted molar refractivity (Wildman–Crippen MR) is 76.1 cm³/mol. The van der Waals surface area contributed by atoms with Gasteiger partial charge in [-0.25, -0.2) is 9.97 Å². The SMILES string of the molecule is Oc1cccc(C=NCCNc2nccc(C(F)(F)F)n2)c1. The maximum Gasteiger partial charge on any atom is 0.433 e. The molecule has 0 saturated carbocycles. The molecule has 22 heavy (non-hydrogen) atoms. The largest absolute Gasteiger partial charge is 0.508 e. The van der Waals surface area contributed by atoms with Crippen LogP contribution in [-0.2, 0) is 6.18 Å². The summed E-state index contributed by atoms with van der Waals surface area (Å²) in [6, 6.07) is 7.36. The second-order valence-electron chi connectivity index (χ2n) is 4.32. The molecule has 0 spiro atoms. The lowest BCUT2D eigenvalue weighted by molar-refractivity contribution is -0.141. The first-order chi connectivity index (χ1) is 10.4. The molecular formula is C14H13F3N4O. The number of halogens is 3. The standard InChI is InChI=1S/C14H13F3N4O/c15-14(16,17)12-4-5-19-13(21-12)20-7-6-18-9-10-2-1-3-11(22)8-10/h1-5,8-9,22H,6-7H2,(H,19,20,21). The van der Waals surface area contributed by atoms with Crippen molar-refractivity contribution in [3.63, 3.8) is 0 Å². The second-order valence-corrected chi connectivity index (χ2v) is 4.32. The van der Waals surface area contributed by atoms with Crippen LogP contribution in [0.1, 0.15) is 11.3 Å². The number of aliphatic imine (C=N–C) groups is 1. The number of aromatic nitrogens is 2. The Kier molecular flexibility index (Phi) is 4.92. The van der Waals surface area contributed by atoms with E-state index in [-0.39, 0.29) is 18.2 Å². The van der Waals surface area contributed by atoms with Crippen LogP contribution in [0.15, 0.2) is 41.5 Å². The molecule has 2 aromatic rings. The molecule has 0 fully saturated rings. The highest BCUT2D eigenvalue weighted by atomic mass is 19.4. The Morgan fingerprint density at radius 3 is 2.82 bits per heavy atom. The summed E-state index contributed by atoms with van der Waals surface area (Å²) in [5.74, 6) is 0.0434. The molecular weight excluding hydrogens is 297 g/mol. The minimum Gasteiger partial charge on any atom is -0.508 e. The van der Waals surface area contributed by atoms with Crippen LogP contribution in [-0.4, -0.2) is 34.4 Å². The Hall–Kier alpha value is -2.64. The summed E-state index contributed by atoms with van der Waals surface area (Å²) in [5, 5.41) is 11.9. The molecule has 0 aliphatic heterocycles. The van der Waals surface area contributed by atoms with Gasteiger partial charge in [-0.2, -0.15) is 13.2 Å². The first-order valence-corrected chi connectivity index (χ1v) is 6.38. The van der Waals surface area contributed by atoms with Gasteiger partial charge in [-0.3, -0.25) is 4.99 Å². The number of nitrogens with zero attached hydrogens (tertiary/aromatic N) is 3. The molecule has 8 heteroatoms. The highest BCUT2D eigenvalue weighted by Crippen LogP contribution is 2.27. The molecule has 116 valence electrons. The molecule has 1 heterocycles. The monoisotopic (exact) mass is 310 g/mol. The Morgan fingerprint density at radius 2 is 2.09 bits per heavy atom. The molecule has 0 atom stereocenters. The van der Waals surface area contributed by atoms with Gasteiger partial charge < -0.3 is 10.4 Å². The lowest BCUT2D eigenvalue weighted by Gasteiger charge is -2.07. The number of alkyl halides is 3. The minimum atomic E-state index is -4.49. The third-order valence-corrected chi connectivity index (χ3v) is 2.58. The van der Waals surface area contributed by atoms with Crippen molar-refractivity contribution in [3.8, 4) is 5.75 Å².